The zero-order valence-electron chi connectivity index (χ0n) is 7.25. The molecule has 0 bridgehead atoms. The molecule has 1 aliphatic heterocycles. The molecule has 0 saturated heterocycles. The van der Waals surface area contributed by atoms with Gasteiger partial charge in [-0.15, -0.1) is 0 Å². The summed E-state index contributed by atoms with van der Waals surface area (Å²) in [5, 5.41) is 0.406. The first-order chi connectivity index (χ1) is 6.68. The first-order valence-electron chi connectivity index (χ1n) is 4.07. The number of nitrogens with two attached hydrogens (primary N) is 1. The van der Waals surface area contributed by atoms with Gasteiger partial charge >= 0.3 is 0 Å². The zero-order valence-corrected chi connectivity index (χ0v) is 8.00. The fraction of sp³-hybridized carbons (Fsp3) is 0.222. The van der Waals surface area contributed by atoms with Crippen LogP contribution in [0.4, 0.5) is 0 Å². The maximum absolute atomic E-state index is 11.1. The first kappa shape index (κ1) is 9.15. The summed E-state index contributed by atoms with van der Waals surface area (Å²) in [7, 11) is 0. The van der Waals surface area contributed by atoms with Gasteiger partial charge in [0.25, 0.3) is 5.91 Å². The van der Waals surface area contributed by atoms with Crippen molar-refractivity contribution in [3.63, 3.8) is 0 Å². The van der Waals surface area contributed by atoms with Crippen LogP contribution >= 0.6 is 11.6 Å². The minimum atomic E-state index is -0.575. The summed E-state index contributed by atoms with van der Waals surface area (Å²) < 4.78 is 10.6. The van der Waals surface area contributed by atoms with Crippen molar-refractivity contribution in [3.8, 4) is 11.5 Å². The van der Waals surface area contributed by atoms with Crippen LogP contribution in [0.5, 0.6) is 11.5 Å². The van der Waals surface area contributed by atoms with Gasteiger partial charge in [0.15, 0.2) is 11.5 Å². The lowest BCUT2D eigenvalue weighted by Crippen LogP contribution is -2.20. The normalized spacial score (nSPS) is 13.8. The molecule has 0 unspecified atom stereocenters. The Morgan fingerprint density at radius 2 is 2.07 bits per heavy atom. The van der Waals surface area contributed by atoms with Crippen molar-refractivity contribution >= 4 is 17.5 Å². The van der Waals surface area contributed by atoms with E-state index in [1.807, 2.05) is 0 Å². The lowest BCUT2D eigenvalue weighted by Gasteiger charge is -2.20. The summed E-state index contributed by atoms with van der Waals surface area (Å²) in [5.41, 5.74) is 5.43. The van der Waals surface area contributed by atoms with Gasteiger partial charge in [-0.3, -0.25) is 4.79 Å². The molecule has 0 radical (unpaired) electrons. The number of rotatable bonds is 1. The molecule has 1 aromatic rings. The number of ether oxygens (including phenoxy) is 2. The molecule has 0 fully saturated rings. The van der Waals surface area contributed by atoms with Crippen molar-refractivity contribution in [2.45, 2.75) is 0 Å². The van der Waals surface area contributed by atoms with Crippen LogP contribution in [0.3, 0.4) is 0 Å². The smallest absolute Gasteiger partial charge is 0.252 e. The summed E-state index contributed by atoms with van der Waals surface area (Å²) in [6.07, 6.45) is 0. The lowest BCUT2D eigenvalue weighted by molar-refractivity contribution is 0.0989. The van der Waals surface area contributed by atoms with Crippen LogP contribution in [0.15, 0.2) is 12.1 Å². The van der Waals surface area contributed by atoms with E-state index in [4.69, 9.17) is 26.8 Å². The number of hydrogen-bond donors (Lipinski definition) is 1. The fourth-order valence-electron chi connectivity index (χ4n) is 1.30. The number of hydrogen-bond acceptors (Lipinski definition) is 3. The molecule has 2 rings (SSSR count). The number of carbonyl (C=O) groups is 1. The van der Waals surface area contributed by atoms with Crippen molar-refractivity contribution in [1.82, 2.24) is 0 Å². The minimum Gasteiger partial charge on any atom is -0.486 e. The van der Waals surface area contributed by atoms with E-state index in [1.165, 1.54) is 6.07 Å². The fourth-order valence-corrected chi connectivity index (χ4v) is 1.51. The van der Waals surface area contributed by atoms with Crippen LogP contribution in [0.25, 0.3) is 0 Å². The molecule has 74 valence electrons. The third-order valence-corrected chi connectivity index (χ3v) is 2.09. The third-order valence-electron chi connectivity index (χ3n) is 1.87. The molecule has 4 nitrogen and oxygen atoms in total. The van der Waals surface area contributed by atoms with Crippen LogP contribution in [-0.2, 0) is 0 Å². The maximum Gasteiger partial charge on any atom is 0.252 e. The van der Waals surface area contributed by atoms with Crippen LogP contribution in [-0.4, -0.2) is 19.1 Å². The average molecular weight is 214 g/mol. The Morgan fingerprint density at radius 1 is 1.36 bits per heavy atom. The van der Waals surface area contributed by atoms with E-state index in [0.717, 1.165) is 0 Å². The number of amides is 1. The molecule has 1 amide bonds. The van der Waals surface area contributed by atoms with Crippen LogP contribution in [0.2, 0.25) is 5.02 Å². The van der Waals surface area contributed by atoms with Gasteiger partial charge in [-0.2, -0.15) is 0 Å². The molecule has 0 spiro atoms. The van der Waals surface area contributed by atoms with Gasteiger partial charge in [0.05, 0.1) is 5.56 Å². The topological polar surface area (TPSA) is 61.6 Å². The van der Waals surface area contributed by atoms with Gasteiger partial charge in [-0.05, 0) is 6.07 Å². The molecule has 5 heteroatoms. The van der Waals surface area contributed by atoms with Gasteiger partial charge in [0, 0.05) is 11.1 Å². The predicted molar refractivity (Wildman–Crippen MR) is 51.0 cm³/mol. The molecule has 0 aliphatic carbocycles. The number of benzene rings is 1. The number of fused-ring (bicyclic) bond motifs is 1. The van der Waals surface area contributed by atoms with E-state index in [9.17, 15) is 4.79 Å². The highest BCUT2D eigenvalue weighted by atomic mass is 35.5. The molecule has 0 atom stereocenters. The first-order valence-corrected chi connectivity index (χ1v) is 4.45. The van der Waals surface area contributed by atoms with E-state index in [2.05, 4.69) is 0 Å². The summed E-state index contributed by atoms with van der Waals surface area (Å²) in [6, 6.07) is 3.07. The zero-order chi connectivity index (χ0) is 10.1. The molecule has 2 N–H and O–H groups in total. The largest absolute Gasteiger partial charge is 0.486 e. The van der Waals surface area contributed by atoms with Gasteiger partial charge < -0.3 is 15.2 Å². The molecule has 1 aliphatic rings. The quantitative estimate of drug-likeness (QED) is 0.763. The second kappa shape index (κ2) is 3.38. The van der Waals surface area contributed by atoms with Gasteiger partial charge in [-0.25, -0.2) is 0 Å². The SMILES string of the molecule is NC(=O)c1cc(Cl)cc2c1OCCO2. The molecule has 0 aromatic heterocycles. The number of primary amides is 1. The summed E-state index contributed by atoms with van der Waals surface area (Å²) in [4.78, 5) is 11.1. The van der Waals surface area contributed by atoms with Crippen molar-refractivity contribution in [2.24, 2.45) is 5.73 Å². The molecule has 14 heavy (non-hydrogen) atoms. The highest BCUT2D eigenvalue weighted by molar-refractivity contribution is 6.31. The lowest BCUT2D eigenvalue weighted by atomic mass is 10.1. The van der Waals surface area contributed by atoms with Gasteiger partial charge in [0.1, 0.15) is 13.2 Å². The monoisotopic (exact) mass is 213 g/mol. The second-order valence-corrected chi connectivity index (χ2v) is 3.28. The predicted octanol–water partition coefficient (Wildman–Crippen LogP) is 1.21. The molecule has 1 aromatic carbocycles. The maximum atomic E-state index is 11.1. The second-order valence-electron chi connectivity index (χ2n) is 2.84. The van der Waals surface area contributed by atoms with Crippen LogP contribution in [0.1, 0.15) is 10.4 Å². The Balaban J connectivity index is 2.58. The van der Waals surface area contributed by atoms with Gasteiger partial charge in [0.2, 0.25) is 0 Å². The van der Waals surface area contributed by atoms with Crippen LogP contribution in [0, 0.1) is 0 Å². The molecular weight excluding hydrogens is 206 g/mol. The third kappa shape index (κ3) is 1.48. The molecule has 1 heterocycles. The van der Waals surface area contributed by atoms with E-state index in [1.54, 1.807) is 6.07 Å². The Labute approximate surface area is 85.6 Å². The van der Waals surface area contributed by atoms with E-state index in [0.29, 0.717) is 29.7 Å². The summed E-state index contributed by atoms with van der Waals surface area (Å²) >= 11 is 5.78. The Hall–Kier alpha value is -1.42. The summed E-state index contributed by atoms with van der Waals surface area (Å²) in [6.45, 7) is 0.862. The minimum absolute atomic E-state index is 0.257. The summed E-state index contributed by atoms with van der Waals surface area (Å²) in [5.74, 6) is 0.278. The van der Waals surface area contributed by atoms with Gasteiger partial charge in [-0.1, -0.05) is 11.6 Å². The van der Waals surface area contributed by atoms with E-state index in [-0.39, 0.29) is 5.56 Å². The van der Waals surface area contributed by atoms with Crippen molar-refractivity contribution in [2.75, 3.05) is 13.2 Å². The number of halogens is 1. The Bertz CT molecular complexity index is 392. The number of carbonyl (C=O) groups excluding carboxylic acids is 1. The van der Waals surface area contributed by atoms with E-state index < -0.39 is 5.91 Å². The highest BCUT2D eigenvalue weighted by Crippen LogP contribution is 2.36. The standard InChI is InChI=1S/C9H8ClNO3/c10-5-3-6(9(11)12)8-7(4-5)13-1-2-14-8/h3-4H,1-2H2,(H2,11,12). The van der Waals surface area contributed by atoms with Crippen molar-refractivity contribution < 1.29 is 14.3 Å². The van der Waals surface area contributed by atoms with Crippen molar-refractivity contribution in [3.05, 3.63) is 22.7 Å². The Kier molecular flexibility index (Phi) is 2.21. The van der Waals surface area contributed by atoms with Crippen molar-refractivity contribution in [1.29, 1.82) is 0 Å². The van der Waals surface area contributed by atoms with Crippen LogP contribution < -0.4 is 15.2 Å². The highest BCUT2D eigenvalue weighted by Gasteiger charge is 2.20. The molecular formula is C9H8ClNO3. The Morgan fingerprint density at radius 3 is 2.79 bits per heavy atom. The van der Waals surface area contributed by atoms with E-state index >= 15 is 0 Å². The average Bonchev–Trinajstić information content (AvgIpc) is 2.16. The molecule has 0 saturated carbocycles.